The van der Waals surface area contributed by atoms with Gasteiger partial charge < -0.3 is 10.1 Å². The first kappa shape index (κ1) is 18.2. The molecule has 0 heterocycles. The average Bonchev–Trinajstić information content (AvgIpc) is 2.44. The second-order valence-electron chi connectivity index (χ2n) is 6.63. The number of carbonyl (C=O) groups excluding carboxylic acids is 2. The van der Waals surface area contributed by atoms with Gasteiger partial charge in [-0.3, -0.25) is 4.79 Å². The molecule has 0 aliphatic carbocycles. The van der Waals surface area contributed by atoms with Crippen molar-refractivity contribution >= 4 is 17.6 Å². The normalized spacial score (nSPS) is 11.2. The van der Waals surface area contributed by atoms with Crippen molar-refractivity contribution in [3.05, 3.63) is 28.8 Å². The van der Waals surface area contributed by atoms with E-state index in [1.165, 1.54) is 12.7 Å². The zero-order valence-electron chi connectivity index (χ0n) is 14.5. The molecule has 0 radical (unpaired) electrons. The topological polar surface area (TPSA) is 55.4 Å². The molecule has 0 bridgehead atoms. The van der Waals surface area contributed by atoms with E-state index in [-0.39, 0.29) is 5.41 Å². The first-order chi connectivity index (χ1) is 10.2. The van der Waals surface area contributed by atoms with E-state index < -0.39 is 11.9 Å². The third kappa shape index (κ3) is 4.58. The van der Waals surface area contributed by atoms with Crippen molar-refractivity contribution in [3.63, 3.8) is 0 Å². The monoisotopic (exact) mass is 305 g/mol. The van der Waals surface area contributed by atoms with E-state index in [4.69, 9.17) is 0 Å². The Hall–Kier alpha value is -1.84. The van der Waals surface area contributed by atoms with Crippen molar-refractivity contribution < 1.29 is 14.3 Å². The van der Waals surface area contributed by atoms with Crippen molar-refractivity contribution in [2.75, 3.05) is 12.4 Å². The highest BCUT2D eigenvalue weighted by Crippen LogP contribution is 2.33. The number of amides is 1. The standard InChI is InChI=1S/C18H27NO3/c1-7-8-9-13-10-12(2)15(14(11-13)18(3,4)5)19-16(20)17(21)22-6/h10-11H,7-9H2,1-6H3,(H,19,20). The summed E-state index contributed by atoms with van der Waals surface area (Å²) in [6, 6.07) is 4.22. The number of carbonyl (C=O) groups is 2. The molecule has 0 aliphatic heterocycles. The average molecular weight is 305 g/mol. The van der Waals surface area contributed by atoms with Crippen LogP contribution in [0.15, 0.2) is 12.1 Å². The van der Waals surface area contributed by atoms with Gasteiger partial charge in [-0.1, -0.05) is 46.2 Å². The first-order valence-electron chi connectivity index (χ1n) is 7.74. The fourth-order valence-electron chi connectivity index (χ4n) is 2.40. The molecule has 1 aromatic carbocycles. The van der Waals surface area contributed by atoms with Gasteiger partial charge in [0, 0.05) is 5.69 Å². The molecular formula is C18H27NO3. The highest BCUT2D eigenvalue weighted by atomic mass is 16.5. The number of nitrogens with one attached hydrogen (secondary N) is 1. The van der Waals surface area contributed by atoms with Gasteiger partial charge in [-0.15, -0.1) is 0 Å². The van der Waals surface area contributed by atoms with E-state index in [0.29, 0.717) is 5.69 Å². The number of hydrogen-bond acceptors (Lipinski definition) is 3. The summed E-state index contributed by atoms with van der Waals surface area (Å²) in [5.41, 5.74) is 3.85. The van der Waals surface area contributed by atoms with Crippen LogP contribution in [0.25, 0.3) is 0 Å². The lowest BCUT2D eigenvalue weighted by Crippen LogP contribution is -2.26. The molecule has 0 unspecified atom stereocenters. The largest absolute Gasteiger partial charge is 0.462 e. The molecule has 22 heavy (non-hydrogen) atoms. The quantitative estimate of drug-likeness (QED) is 0.681. The highest BCUT2D eigenvalue weighted by molar-refractivity contribution is 6.37. The molecule has 1 rings (SSSR count). The van der Waals surface area contributed by atoms with Crippen molar-refractivity contribution in [2.45, 2.75) is 59.3 Å². The summed E-state index contributed by atoms with van der Waals surface area (Å²) in [5, 5.41) is 2.71. The summed E-state index contributed by atoms with van der Waals surface area (Å²) < 4.78 is 4.48. The van der Waals surface area contributed by atoms with Crippen LogP contribution in [0.3, 0.4) is 0 Å². The smallest absolute Gasteiger partial charge is 0.396 e. The number of aryl methyl sites for hydroxylation is 2. The Bertz CT molecular complexity index is 556. The van der Waals surface area contributed by atoms with Gasteiger partial charge in [0.25, 0.3) is 0 Å². The van der Waals surface area contributed by atoms with E-state index in [1.54, 1.807) is 0 Å². The number of anilines is 1. The second kappa shape index (κ2) is 7.43. The Kier molecular flexibility index (Phi) is 6.15. The van der Waals surface area contributed by atoms with Crippen molar-refractivity contribution in [2.24, 2.45) is 0 Å². The summed E-state index contributed by atoms with van der Waals surface area (Å²) in [6.07, 6.45) is 3.30. The van der Waals surface area contributed by atoms with Gasteiger partial charge in [0.1, 0.15) is 0 Å². The van der Waals surface area contributed by atoms with Gasteiger partial charge in [-0.25, -0.2) is 4.79 Å². The lowest BCUT2D eigenvalue weighted by atomic mass is 9.83. The lowest BCUT2D eigenvalue weighted by molar-refractivity contribution is -0.150. The maximum absolute atomic E-state index is 11.8. The lowest BCUT2D eigenvalue weighted by Gasteiger charge is -2.25. The summed E-state index contributed by atoms with van der Waals surface area (Å²) in [4.78, 5) is 23.2. The van der Waals surface area contributed by atoms with Crippen LogP contribution in [0.4, 0.5) is 5.69 Å². The van der Waals surface area contributed by atoms with Crippen LogP contribution >= 0.6 is 0 Å². The van der Waals surface area contributed by atoms with Gasteiger partial charge >= 0.3 is 11.9 Å². The number of ether oxygens (including phenoxy) is 1. The molecule has 4 nitrogen and oxygen atoms in total. The number of rotatable bonds is 4. The van der Waals surface area contributed by atoms with E-state index in [9.17, 15) is 9.59 Å². The van der Waals surface area contributed by atoms with Crippen LogP contribution in [0.5, 0.6) is 0 Å². The number of benzene rings is 1. The molecule has 0 saturated heterocycles. The van der Waals surface area contributed by atoms with Gasteiger partial charge in [-0.05, 0) is 41.9 Å². The maximum atomic E-state index is 11.8. The maximum Gasteiger partial charge on any atom is 0.396 e. The molecular weight excluding hydrogens is 278 g/mol. The fourth-order valence-corrected chi connectivity index (χ4v) is 2.40. The third-order valence-electron chi connectivity index (χ3n) is 3.63. The van der Waals surface area contributed by atoms with Gasteiger partial charge in [-0.2, -0.15) is 0 Å². The van der Waals surface area contributed by atoms with Crippen LogP contribution in [0, 0.1) is 6.92 Å². The molecule has 0 saturated carbocycles. The summed E-state index contributed by atoms with van der Waals surface area (Å²) in [5.74, 6) is -1.62. The molecule has 1 N–H and O–H groups in total. The van der Waals surface area contributed by atoms with Crippen LogP contribution in [-0.4, -0.2) is 19.0 Å². The minimum atomic E-state index is -0.880. The zero-order chi connectivity index (χ0) is 16.9. The van der Waals surface area contributed by atoms with E-state index in [1.807, 2.05) is 6.92 Å². The minimum absolute atomic E-state index is 0.133. The molecule has 0 fully saturated rings. The zero-order valence-corrected chi connectivity index (χ0v) is 14.5. The molecule has 0 aliphatic rings. The molecule has 0 atom stereocenters. The van der Waals surface area contributed by atoms with E-state index >= 15 is 0 Å². The molecule has 0 aromatic heterocycles. The Morgan fingerprint density at radius 2 is 1.86 bits per heavy atom. The predicted molar refractivity (Wildman–Crippen MR) is 89.1 cm³/mol. The van der Waals surface area contributed by atoms with Crippen molar-refractivity contribution in [1.29, 1.82) is 0 Å². The molecule has 4 heteroatoms. The van der Waals surface area contributed by atoms with Crippen LogP contribution in [0.1, 0.15) is 57.2 Å². The Labute approximate surface area is 133 Å². The van der Waals surface area contributed by atoms with Crippen molar-refractivity contribution in [3.8, 4) is 0 Å². The molecule has 1 aromatic rings. The summed E-state index contributed by atoms with van der Waals surface area (Å²) in [7, 11) is 1.20. The third-order valence-corrected chi connectivity index (χ3v) is 3.63. The first-order valence-corrected chi connectivity index (χ1v) is 7.74. The highest BCUT2D eigenvalue weighted by Gasteiger charge is 2.23. The van der Waals surface area contributed by atoms with Crippen LogP contribution < -0.4 is 5.32 Å². The predicted octanol–water partition coefficient (Wildman–Crippen LogP) is 3.75. The van der Waals surface area contributed by atoms with Crippen LogP contribution in [0.2, 0.25) is 0 Å². The van der Waals surface area contributed by atoms with Gasteiger partial charge in [0.05, 0.1) is 7.11 Å². The second-order valence-corrected chi connectivity index (χ2v) is 6.63. The molecule has 1 amide bonds. The van der Waals surface area contributed by atoms with E-state index in [2.05, 4.69) is 49.9 Å². The Morgan fingerprint density at radius 3 is 2.36 bits per heavy atom. The number of hydrogen-bond donors (Lipinski definition) is 1. The summed E-state index contributed by atoms with van der Waals surface area (Å²) >= 11 is 0. The Balaban J connectivity index is 3.25. The number of esters is 1. The number of methoxy groups -OCH3 is 1. The molecule has 0 spiro atoms. The Morgan fingerprint density at radius 1 is 1.23 bits per heavy atom. The fraction of sp³-hybridized carbons (Fsp3) is 0.556. The number of unbranched alkanes of at least 4 members (excludes halogenated alkanes) is 1. The van der Waals surface area contributed by atoms with Gasteiger partial charge in [0.15, 0.2) is 0 Å². The molecule has 122 valence electrons. The van der Waals surface area contributed by atoms with Gasteiger partial charge in [0.2, 0.25) is 0 Å². The van der Waals surface area contributed by atoms with E-state index in [0.717, 1.165) is 30.4 Å². The SMILES string of the molecule is CCCCc1cc(C)c(NC(=O)C(=O)OC)c(C(C)(C)C)c1. The minimum Gasteiger partial charge on any atom is -0.462 e. The summed E-state index contributed by atoms with van der Waals surface area (Å²) in [6.45, 7) is 10.4. The van der Waals surface area contributed by atoms with Crippen LogP contribution in [-0.2, 0) is 26.2 Å². The van der Waals surface area contributed by atoms with Crippen molar-refractivity contribution in [1.82, 2.24) is 0 Å².